The zero-order valence-corrected chi connectivity index (χ0v) is 16.6. The Morgan fingerprint density at radius 2 is 1.93 bits per heavy atom. The van der Waals surface area contributed by atoms with Crippen LogP contribution < -0.4 is 4.90 Å². The van der Waals surface area contributed by atoms with Gasteiger partial charge in [0.25, 0.3) is 5.91 Å². The molecule has 0 saturated carbocycles. The minimum atomic E-state index is -0.100. The molecule has 3 aromatic rings. The Balaban J connectivity index is 1.42. The van der Waals surface area contributed by atoms with Crippen molar-refractivity contribution < 1.29 is 4.79 Å². The van der Waals surface area contributed by atoms with Crippen LogP contribution in [0.15, 0.2) is 67.1 Å². The summed E-state index contributed by atoms with van der Waals surface area (Å²) in [5.41, 5.74) is 5.23. The van der Waals surface area contributed by atoms with E-state index in [-0.39, 0.29) is 11.3 Å². The van der Waals surface area contributed by atoms with Crippen LogP contribution in [0.5, 0.6) is 0 Å². The summed E-state index contributed by atoms with van der Waals surface area (Å²) < 4.78 is 0. The Morgan fingerprint density at radius 3 is 2.76 bits per heavy atom. The molecular formula is C24H24N4O. The van der Waals surface area contributed by atoms with Crippen molar-refractivity contribution in [2.45, 2.75) is 25.3 Å². The average Bonchev–Trinajstić information content (AvgIpc) is 3.31. The molecule has 0 N–H and O–H groups in total. The minimum absolute atomic E-state index is 0.100. The van der Waals surface area contributed by atoms with E-state index in [2.05, 4.69) is 22.0 Å². The number of rotatable bonds is 3. The molecule has 146 valence electrons. The predicted octanol–water partition coefficient (Wildman–Crippen LogP) is 3.59. The summed E-state index contributed by atoms with van der Waals surface area (Å²) in [6.07, 6.45) is 6.54. The van der Waals surface area contributed by atoms with Gasteiger partial charge in [0.05, 0.1) is 16.8 Å². The van der Waals surface area contributed by atoms with Crippen LogP contribution >= 0.6 is 0 Å². The summed E-state index contributed by atoms with van der Waals surface area (Å²) in [6.45, 7) is 5.17. The lowest BCUT2D eigenvalue weighted by Gasteiger charge is -2.26. The normalized spacial score (nSPS) is 20.3. The van der Waals surface area contributed by atoms with Gasteiger partial charge in [0.1, 0.15) is 0 Å². The van der Waals surface area contributed by atoms with E-state index in [0.29, 0.717) is 6.54 Å². The standard InChI is InChI=1S/C24H24N4O/c1-18-6-2-3-8-20(18)23(29)27-13-10-24(16-27)17-28(15-19-7-4-11-25-14-19)21-9-5-12-26-22(21)24/h2-9,11-12,14H,10,13,15-17H2,1H3/t24-/m0/s1. The molecule has 5 heteroatoms. The van der Waals surface area contributed by atoms with E-state index in [1.807, 2.05) is 60.6 Å². The van der Waals surface area contributed by atoms with E-state index in [9.17, 15) is 4.79 Å². The molecule has 1 spiro atoms. The van der Waals surface area contributed by atoms with Crippen molar-refractivity contribution in [3.63, 3.8) is 0 Å². The molecule has 0 unspecified atom stereocenters. The van der Waals surface area contributed by atoms with Gasteiger partial charge in [0.15, 0.2) is 0 Å². The summed E-state index contributed by atoms with van der Waals surface area (Å²) in [6, 6.07) is 16.1. The highest BCUT2D eigenvalue weighted by Crippen LogP contribution is 2.45. The van der Waals surface area contributed by atoms with Crippen LogP contribution in [0.3, 0.4) is 0 Å². The summed E-state index contributed by atoms with van der Waals surface area (Å²) in [4.78, 5) is 26.6. The number of carbonyl (C=O) groups excluding carboxylic acids is 1. The van der Waals surface area contributed by atoms with E-state index < -0.39 is 0 Å². The van der Waals surface area contributed by atoms with Crippen LogP contribution in [0.2, 0.25) is 0 Å². The number of carbonyl (C=O) groups is 1. The van der Waals surface area contributed by atoms with Gasteiger partial charge in [-0.1, -0.05) is 24.3 Å². The maximum absolute atomic E-state index is 13.2. The summed E-state index contributed by atoms with van der Waals surface area (Å²) in [5, 5.41) is 0. The zero-order valence-electron chi connectivity index (χ0n) is 16.6. The quantitative estimate of drug-likeness (QED) is 0.692. The van der Waals surface area contributed by atoms with Crippen LogP contribution in [-0.4, -0.2) is 40.4 Å². The third kappa shape index (κ3) is 3.07. The van der Waals surface area contributed by atoms with Crippen molar-refractivity contribution in [1.82, 2.24) is 14.9 Å². The van der Waals surface area contributed by atoms with Crippen molar-refractivity contribution in [3.05, 3.63) is 89.5 Å². The van der Waals surface area contributed by atoms with Crippen molar-refractivity contribution in [3.8, 4) is 0 Å². The first-order chi connectivity index (χ1) is 14.2. The van der Waals surface area contributed by atoms with E-state index in [0.717, 1.165) is 42.9 Å². The largest absolute Gasteiger partial charge is 0.365 e. The van der Waals surface area contributed by atoms with Crippen LogP contribution in [0.1, 0.15) is 33.6 Å². The number of hydrogen-bond donors (Lipinski definition) is 0. The number of likely N-dealkylation sites (tertiary alicyclic amines) is 1. The maximum atomic E-state index is 13.2. The average molecular weight is 384 g/mol. The van der Waals surface area contributed by atoms with E-state index >= 15 is 0 Å². The molecule has 0 radical (unpaired) electrons. The molecule has 2 aromatic heterocycles. The summed E-state index contributed by atoms with van der Waals surface area (Å²) in [5.74, 6) is 0.128. The molecule has 2 aliphatic rings. The van der Waals surface area contributed by atoms with E-state index in [1.54, 1.807) is 6.20 Å². The lowest BCUT2D eigenvalue weighted by molar-refractivity contribution is 0.0783. The third-order valence-corrected chi connectivity index (χ3v) is 6.24. The molecule has 29 heavy (non-hydrogen) atoms. The summed E-state index contributed by atoms with van der Waals surface area (Å²) >= 11 is 0. The molecule has 5 rings (SSSR count). The molecule has 1 aromatic carbocycles. The second-order valence-corrected chi connectivity index (χ2v) is 8.16. The van der Waals surface area contributed by atoms with Gasteiger partial charge in [-0.2, -0.15) is 0 Å². The number of aromatic nitrogens is 2. The smallest absolute Gasteiger partial charge is 0.254 e. The first kappa shape index (κ1) is 17.9. The highest BCUT2D eigenvalue weighted by atomic mass is 16.2. The Morgan fingerprint density at radius 1 is 1.07 bits per heavy atom. The van der Waals surface area contributed by atoms with Crippen LogP contribution in [0, 0.1) is 6.92 Å². The second kappa shape index (κ2) is 6.99. The summed E-state index contributed by atoms with van der Waals surface area (Å²) in [7, 11) is 0. The fourth-order valence-electron chi connectivity index (χ4n) is 4.79. The van der Waals surface area contributed by atoms with Gasteiger partial charge in [-0.15, -0.1) is 0 Å². The molecule has 2 aliphatic heterocycles. The SMILES string of the molecule is Cc1ccccc1C(=O)N1CC[C@]2(C1)CN(Cc1cccnc1)c1cccnc12. The first-order valence-electron chi connectivity index (χ1n) is 10.1. The molecular weight excluding hydrogens is 360 g/mol. The highest BCUT2D eigenvalue weighted by Gasteiger charge is 2.49. The number of aryl methyl sites for hydroxylation is 1. The Kier molecular flexibility index (Phi) is 4.31. The maximum Gasteiger partial charge on any atom is 0.254 e. The van der Waals surface area contributed by atoms with Gasteiger partial charge in [-0.05, 0) is 48.7 Å². The molecule has 1 fully saturated rings. The lowest BCUT2D eigenvalue weighted by atomic mass is 9.85. The molecule has 1 atom stereocenters. The molecule has 4 heterocycles. The van der Waals surface area contributed by atoms with Gasteiger partial charge in [-0.3, -0.25) is 14.8 Å². The Hall–Kier alpha value is -3.21. The molecule has 0 aliphatic carbocycles. The van der Waals surface area contributed by atoms with Crippen molar-refractivity contribution in [1.29, 1.82) is 0 Å². The van der Waals surface area contributed by atoms with Gasteiger partial charge in [-0.25, -0.2) is 0 Å². The van der Waals surface area contributed by atoms with Crippen molar-refractivity contribution in [2.24, 2.45) is 0 Å². The van der Waals surface area contributed by atoms with Crippen LogP contribution in [-0.2, 0) is 12.0 Å². The van der Waals surface area contributed by atoms with Crippen LogP contribution in [0.25, 0.3) is 0 Å². The number of pyridine rings is 2. The number of benzene rings is 1. The fourth-order valence-corrected chi connectivity index (χ4v) is 4.79. The van der Waals surface area contributed by atoms with Crippen molar-refractivity contribution in [2.75, 3.05) is 24.5 Å². The number of amides is 1. The fraction of sp³-hybridized carbons (Fsp3) is 0.292. The third-order valence-electron chi connectivity index (χ3n) is 6.24. The van der Waals surface area contributed by atoms with E-state index in [1.165, 1.54) is 11.3 Å². The highest BCUT2D eigenvalue weighted by molar-refractivity contribution is 5.96. The second-order valence-electron chi connectivity index (χ2n) is 8.16. The first-order valence-corrected chi connectivity index (χ1v) is 10.1. The molecule has 1 amide bonds. The molecule has 0 bridgehead atoms. The topological polar surface area (TPSA) is 49.3 Å². The predicted molar refractivity (Wildman–Crippen MR) is 113 cm³/mol. The molecule has 5 nitrogen and oxygen atoms in total. The van der Waals surface area contributed by atoms with Gasteiger partial charge >= 0.3 is 0 Å². The number of hydrogen-bond acceptors (Lipinski definition) is 4. The van der Waals surface area contributed by atoms with Gasteiger partial charge < -0.3 is 9.80 Å². The minimum Gasteiger partial charge on any atom is -0.365 e. The Bertz CT molecular complexity index is 1050. The molecule has 1 saturated heterocycles. The van der Waals surface area contributed by atoms with Gasteiger partial charge in [0.2, 0.25) is 0 Å². The van der Waals surface area contributed by atoms with E-state index in [4.69, 9.17) is 4.98 Å². The number of nitrogens with zero attached hydrogens (tertiary/aromatic N) is 4. The lowest BCUT2D eigenvalue weighted by Crippen LogP contribution is -2.38. The number of fused-ring (bicyclic) bond motifs is 2. The monoisotopic (exact) mass is 384 g/mol. The van der Waals surface area contributed by atoms with Crippen LogP contribution in [0.4, 0.5) is 5.69 Å². The van der Waals surface area contributed by atoms with Crippen molar-refractivity contribution >= 4 is 11.6 Å². The zero-order chi connectivity index (χ0) is 19.8. The number of anilines is 1. The Labute approximate surface area is 171 Å². The van der Waals surface area contributed by atoms with Gasteiger partial charge in [0, 0.05) is 50.3 Å².